The maximum Gasteiger partial charge on any atom is 0.223 e. The zero-order valence-electron chi connectivity index (χ0n) is 12.1. The largest absolute Gasteiger partial charge is 0.354 e. The molecule has 3 atom stereocenters. The first-order valence-corrected chi connectivity index (χ1v) is 7.06. The molecule has 3 nitrogen and oxygen atoms in total. The van der Waals surface area contributed by atoms with Crippen LogP contribution in [0.4, 0.5) is 0 Å². The molecule has 1 saturated carbocycles. The fourth-order valence-corrected chi connectivity index (χ4v) is 2.36. The second kappa shape index (κ2) is 6.20. The second-order valence-corrected chi connectivity index (χ2v) is 5.87. The van der Waals surface area contributed by atoms with Crippen LogP contribution in [0.2, 0.25) is 0 Å². The molecule has 0 spiro atoms. The summed E-state index contributed by atoms with van der Waals surface area (Å²) < 4.78 is 0. The number of hydrogen-bond donors (Lipinski definition) is 1. The van der Waals surface area contributed by atoms with Gasteiger partial charge in [0.05, 0.1) is 0 Å². The fourth-order valence-electron chi connectivity index (χ4n) is 2.36. The summed E-state index contributed by atoms with van der Waals surface area (Å²) in [6.07, 6.45) is 2.02. The van der Waals surface area contributed by atoms with Crippen molar-refractivity contribution >= 4 is 5.91 Å². The smallest absolute Gasteiger partial charge is 0.223 e. The van der Waals surface area contributed by atoms with Gasteiger partial charge in [-0.15, -0.1) is 0 Å². The van der Waals surface area contributed by atoms with E-state index in [0.29, 0.717) is 12.0 Å². The van der Waals surface area contributed by atoms with E-state index in [2.05, 4.69) is 55.5 Å². The maximum absolute atomic E-state index is 11.9. The Bertz CT molecular complexity index is 416. The van der Waals surface area contributed by atoms with Gasteiger partial charge in [-0.05, 0) is 38.4 Å². The molecule has 0 heterocycles. The Morgan fingerprint density at radius 3 is 2.53 bits per heavy atom. The van der Waals surface area contributed by atoms with Crippen LogP contribution in [-0.4, -0.2) is 37.5 Å². The molecule has 1 amide bonds. The molecule has 1 aromatic rings. The summed E-state index contributed by atoms with van der Waals surface area (Å²) in [7, 11) is 4.14. The number of benzene rings is 1. The van der Waals surface area contributed by atoms with Crippen molar-refractivity contribution in [2.45, 2.75) is 25.8 Å². The molecule has 0 aromatic heterocycles. The van der Waals surface area contributed by atoms with Crippen LogP contribution in [-0.2, 0) is 11.2 Å². The molecule has 104 valence electrons. The number of likely N-dealkylation sites (N-methyl/N-ethyl adjacent to an activating group) is 1. The molecule has 0 saturated heterocycles. The van der Waals surface area contributed by atoms with E-state index in [9.17, 15) is 4.79 Å². The molecule has 0 bridgehead atoms. The lowest BCUT2D eigenvalue weighted by Crippen LogP contribution is -2.42. The van der Waals surface area contributed by atoms with Crippen molar-refractivity contribution < 1.29 is 4.79 Å². The molecule has 2 rings (SSSR count). The Morgan fingerprint density at radius 1 is 1.37 bits per heavy atom. The lowest BCUT2D eigenvalue weighted by molar-refractivity contribution is -0.122. The minimum absolute atomic E-state index is 0.229. The monoisotopic (exact) mass is 260 g/mol. The van der Waals surface area contributed by atoms with Crippen LogP contribution in [0.15, 0.2) is 30.3 Å². The van der Waals surface area contributed by atoms with Crippen molar-refractivity contribution in [1.29, 1.82) is 0 Å². The lowest BCUT2D eigenvalue weighted by Gasteiger charge is -2.24. The van der Waals surface area contributed by atoms with Crippen LogP contribution in [0.5, 0.6) is 0 Å². The Hall–Kier alpha value is -1.35. The van der Waals surface area contributed by atoms with E-state index in [0.717, 1.165) is 19.4 Å². The van der Waals surface area contributed by atoms with Gasteiger partial charge in [0, 0.05) is 18.5 Å². The summed E-state index contributed by atoms with van der Waals surface area (Å²) in [6, 6.07) is 10.8. The van der Waals surface area contributed by atoms with Gasteiger partial charge in [0.15, 0.2) is 0 Å². The van der Waals surface area contributed by atoms with Crippen LogP contribution in [0.3, 0.4) is 0 Å². The zero-order valence-corrected chi connectivity index (χ0v) is 12.1. The Kier molecular flexibility index (Phi) is 4.59. The number of carbonyl (C=O) groups excluding carboxylic acids is 1. The van der Waals surface area contributed by atoms with E-state index in [1.807, 2.05) is 6.07 Å². The van der Waals surface area contributed by atoms with Gasteiger partial charge in [0.2, 0.25) is 5.91 Å². The van der Waals surface area contributed by atoms with Gasteiger partial charge in [-0.1, -0.05) is 37.3 Å². The topological polar surface area (TPSA) is 32.3 Å². The van der Waals surface area contributed by atoms with E-state index in [1.165, 1.54) is 5.56 Å². The normalized spacial score (nSPS) is 23.2. The lowest BCUT2D eigenvalue weighted by atomic mass is 10.1. The number of amides is 1. The molecular weight excluding hydrogens is 236 g/mol. The summed E-state index contributed by atoms with van der Waals surface area (Å²) in [5, 5.41) is 3.10. The number of nitrogens with zero attached hydrogens (tertiary/aromatic N) is 1. The maximum atomic E-state index is 11.9. The molecule has 0 radical (unpaired) electrons. The molecule has 19 heavy (non-hydrogen) atoms. The summed E-state index contributed by atoms with van der Waals surface area (Å²) in [4.78, 5) is 14.0. The molecular formula is C16H24N2O. The van der Waals surface area contributed by atoms with Crippen molar-refractivity contribution in [2.75, 3.05) is 20.6 Å². The molecule has 3 heteroatoms. The standard InChI is InChI=1S/C16H24N2O/c1-12-9-15(12)16(19)17-11-14(18(2)3)10-13-7-5-4-6-8-13/h4-8,12,14-15H,9-11H2,1-3H3,(H,17,19)/t12-,14+,15-/m1/s1. The van der Waals surface area contributed by atoms with Crippen molar-refractivity contribution in [1.82, 2.24) is 10.2 Å². The van der Waals surface area contributed by atoms with Gasteiger partial charge in [-0.3, -0.25) is 4.79 Å². The number of hydrogen-bond acceptors (Lipinski definition) is 2. The van der Waals surface area contributed by atoms with E-state index >= 15 is 0 Å². The molecule has 0 unspecified atom stereocenters. The third-order valence-corrected chi connectivity index (χ3v) is 4.00. The average Bonchev–Trinajstić information content (AvgIpc) is 3.12. The van der Waals surface area contributed by atoms with E-state index in [-0.39, 0.29) is 11.8 Å². The Labute approximate surface area is 116 Å². The van der Waals surface area contributed by atoms with Gasteiger partial charge >= 0.3 is 0 Å². The molecule has 0 aliphatic heterocycles. The highest BCUT2D eigenvalue weighted by molar-refractivity contribution is 5.81. The number of carbonyl (C=O) groups is 1. The number of nitrogens with one attached hydrogen (secondary N) is 1. The Morgan fingerprint density at radius 2 is 2.00 bits per heavy atom. The molecule has 1 N–H and O–H groups in total. The van der Waals surface area contributed by atoms with Gasteiger partial charge in [0.25, 0.3) is 0 Å². The predicted molar refractivity (Wildman–Crippen MR) is 77.9 cm³/mol. The quantitative estimate of drug-likeness (QED) is 0.847. The van der Waals surface area contributed by atoms with Gasteiger partial charge in [-0.2, -0.15) is 0 Å². The van der Waals surface area contributed by atoms with Crippen LogP contribution in [0.25, 0.3) is 0 Å². The predicted octanol–water partition coefficient (Wildman–Crippen LogP) is 1.93. The summed E-state index contributed by atoms with van der Waals surface area (Å²) in [5.74, 6) is 1.07. The van der Waals surface area contributed by atoms with E-state index in [1.54, 1.807) is 0 Å². The van der Waals surface area contributed by atoms with Crippen LogP contribution >= 0.6 is 0 Å². The van der Waals surface area contributed by atoms with Crippen molar-refractivity contribution in [2.24, 2.45) is 11.8 Å². The van der Waals surface area contributed by atoms with E-state index < -0.39 is 0 Å². The SMILES string of the molecule is C[C@@H]1C[C@H]1C(=O)NC[C@H](Cc1ccccc1)N(C)C. The van der Waals surface area contributed by atoms with Gasteiger partial charge < -0.3 is 10.2 Å². The zero-order chi connectivity index (χ0) is 13.8. The molecule has 1 aliphatic carbocycles. The first kappa shape index (κ1) is 14.1. The van der Waals surface area contributed by atoms with Crippen LogP contribution < -0.4 is 5.32 Å². The first-order chi connectivity index (χ1) is 9.08. The highest BCUT2D eigenvalue weighted by Gasteiger charge is 2.39. The summed E-state index contributed by atoms with van der Waals surface area (Å²) in [6.45, 7) is 2.86. The molecule has 1 aromatic carbocycles. The number of rotatable bonds is 6. The highest BCUT2D eigenvalue weighted by Crippen LogP contribution is 2.37. The minimum atomic E-state index is 0.229. The third kappa shape index (κ3) is 4.06. The van der Waals surface area contributed by atoms with Gasteiger partial charge in [-0.25, -0.2) is 0 Å². The summed E-state index contributed by atoms with van der Waals surface area (Å²) >= 11 is 0. The highest BCUT2D eigenvalue weighted by atomic mass is 16.2. The third-order valence-electron chi connectivity index (χ3n) is 4.00. The summed E-state index contributed by atoms with van der Waals surface area (Å²) in [5.41, 5.74) is 1.32. The minimum Gasteiger partial charge on any atom is -0.354 e. The van der Waals surface area contributed by atoms with Crippen molar-refractivity contribution in [3.05, 3.63) is 35.9 Å². The molecule has 1 fully saturated rings. The van der Waals surface area contributed by atoms with Crippen molar-refractivity contribution in [3.63, 3.8) is 0 Å². The fraction of sp³-hybridized carbons (Fsp3) is 0.562. The van der Waals surface area contributed by atoms with Crippen molar-refractivity contribution in [3.8, 4) is 0 Å². The molecule has 1 aliphatic rings. The Balaban J connectivity index is 1.84. The second-order valence-electron chi connectivity index (χ2n) is 5.87. The van der Waals surface area contributed by atoms with E-state index in [4.69, 9.17) is 0 Å². The van der Waals surface area contributed by atoms with Crippen LogP contribution in [0, 0.1) is 11.8 Å². The average molecular weight is 260 g/mol. The van der Waals surface area contributed by atoms with Crippen LogP contribution in [0.1, 0.15) is 18.9 Å². The van der Waals surface area contributed by atoms with Gasteiger partial charge in [0.1, 0.15) is 0 Å². The first-order valence-electron chi connectivity index (χ1n) is 7.06.